The predicted octanol–water partition coefficient (Wildman–Crippen LogP) is 4.59. The Morgan fingerprint density at radius 1 is 1.52 bits per heavy atom. The van der Waals surface area contributed by atoms with Crippen LogP contribution in [0.3, 0.4) is 0 Å². The lowest BCUT2D eigenvalue weighted by atomic mass is 10.2. The number of furan rings is 1. The maximum absolute atomic E-state index is 12.2. The van der Waals surface area contributed by atoms with Crippen molar-refractivity contribution in [1.82, 2.24) is 0 Å². The van der Waals surface area contributed by atoms with Crippen LogP contribution in [0.1, 0.15) is 12.7 Å². The van der Waals surface area contributed by atoms with Crippen molar-refractivity contribution in [3.05, 3.63) is 49.9 Å². The van der Waals surface area contributed by atoms with Crippen molar-refractivity contribution in [1.29, 1.82) is 5.26 Å². The van der Waals surface area contributed by atoms with E-state index < -0.39 is 5.91 Å². The van der Waals surface area contributed by atoms with E-state index in [1.54, 1.807) is 30.3 Å². The van der Waals surface area contributed by atoms with Crippen LogP contribution < -0.4 is 10.1 Å². The molecule has 1 N–H and O–H groups in total. The summed E-state index contributed by atoms with van der Waals surface area (Å²) in [5.74, 6) is 0.567. The Hall–Kier alpha value is -1.79. The summed E-state index contributed by atoms with van der Waals surface area (Å²) < 4.78 is 12.2. The van der Waals surface area contributed by atoms with E-state index in [1.165, 1.54) is 6.08 Å². The van der Waals surface area contributed by atoms with Gasteiger partial charge in [0.15, 0.2) is 3.77 Å². The van der Waals surface area contributed by atoms with Gasteiger partial charge in [-0.15, -0.1) is 0 Å². The van der Waals surface area contributed by atoms with Gasteiger partial charge in [0, 0.05) is 40.4 Å². The predicted molar refractivity (Wildman–Crippen MR) is 99.0 cm³/mol. The molecule has 118 valence electrons. The van der Waals surface area contributed by atoms with Gasteiger partial charge in [-0.05, 0) is 41.1 Å². The molecule has 0 aliphatic rings. The zero-order valence-electron chi connectivity index (χ0n) is 12.1. The second-order valence-electron chi connectivity index (χ2n) is 4.36. The third-order valence-electron chi connectivity index (χ3n) is 2.72. The molecule has 1 amide bonds. The highest BCUT2D eigenvalue weighted by Crippen LogP contribution is 2.25. The highest BCUT2D eigenvalue weighted by atomic mass is 127. The molecule has 23 heavy (non-hydrogen) atoms. The summed E-state index contributed by atoms with van der Waals surface area (Å²) in [6, 6.07) is 10.6. The molecule has 0 aliphatic carbocycles. The third-order valence-corrected chi connectivity index (χ3v) is 4.85. The van der Waals surface area contributed by atoms with Gasteiger partial charge in [-0.2, -0.15) is 5.26 Å². The summed E-state index contributed by atoms with van der Waals surface area (Å²) in [6.07, 6.45) is 1.40. The molecule has 1 heterocycles. The van der Waals surface area contributed by atoms with Gasteiger partial charge in [-0.3, -0.25) is 4.79 Å². The molecule has 0 fully saturated rings. The molecule has 0 radical (unpaired) electrons. The number of carbonyl (C=O) groups excluding carboxylic acids is 1. The van der Waals surface area contributed by atoms with E-state index in [1.807, 2.05) is 35.6 Å². The minimum atomic E-state index is -0.510. The summed E-state index contributed by atoms with van der Waals surface area (Å²) in [6.45, 7) is 2.41. The highest BCUT2D eigenvalue weighted by Gasteiger charge is 2.12. The molecular weight excluding hydrogens is 475 g/mol. The smallest absolute Gasteiger partial charge is 0.266 e. The summed E-state index contributed by atoms with van der Waals surface area (Å²) in [5.41, 5.74) is 0.502. The zero-order valence-corrected chi connectivity index (χ0v) is 15.8. The van der Waals surface area contributed by atoms with Crippen LogP contribution >= 0.6 is 38.5 Å². The normalized spacial score (nSPS) is 11.0. The third kappa shape index (κ3) is 4.84. The molecule has 0 atom stereocenters. The topological polar surface area (TPSA) is 75.3 Å². The molecule has 0 saturated carbocycles. The first-order valence-corrected chi connectivity index (χ1v) is 8.51. The number of amides is 1. The Kier molecular flexibility index (Phi) is 6.24. The number of anilines is 1. The number of ether oxygens (including phenoxy) is 1. The van der Waals surface area contributed by atoms with E-state index in [-0.39, 0.29) is 5.57 Å². The van der Waals surface area contributed by atoms with Crippen molar-refractivity contribution < 1.29 is 13.9 Å². The summed E-state index contributed by atoms with van der Waals surface area (Å²) in [4.78, 5) is 12.2. The largest absolute Gasteiger partial charge is 0.494 e. The van der Waals surface area contributed by atoms with Crippen LogP contribution in [0.25, 0.3) is 6.08 Å². The molecule has 2 rings (SSSR count). The van der Waals surface area contributed by atoms with Crippen LogP contribution in [-0.2, 0) is 4.79 Å². The van der Waals surface area contributed by atoms with Gasteiger partial charge < -0.3 is 14.5 Å². The van der Waals surface area contributed by atoms with Gasteiger partial charge in [0.25, 0.3) is 5.91 Å². The maximum Gasteiger partial charge on any atom is 0.266 e. The van der Waals surface area contributed by atoms with E-state index in [2.05, 4.69) is 21.2 Å². The molecule has 0 aliphatic heterocycles. The van der Waals surface area contributed by atoms with Crippen LogP contribution in [0, 0.1) is 15.1 Å². The van der Waals surface area contributed by atoms with Gasteiger partial charge in [-0.25, -0.2) is 0 Å². The first kappa shape index (κ1) is 17.6. The average molecular weight is 487 g/mol. The molecule has 0 saturated heterocycles. The Morgan fingerprint density at radius 3 is 2.91 bits per heavy atom. The number of benzene rings is 1. The van der Waals surface area contributed by atoms with Crippen LogP contribution in [0.15, 0.2) is 44.8 Å². The summed E-state index contributed by atoms with van der Waals surface area (Å²) in [7, 11) is 0. The van der Waals surface area contributed by atoms with Crippen molar-refractivity contribution in [2.45, 2.75) is 6.92 Å². The van der Waals surface area contributed by atoms with Crippen molar-refractivity contribution in [2.75, 3.05) is 11.9 Å². The number of rotatable bonds is 5. The molecule has 2 aromatic rings. The Morgan fingerprint density at radius 2 is 2.30 bits per heavy atom. The second kappa shape index (κ2) is 8.17. The lowest BCUT2D eigenvalue weighted by molar-refractivity contribution is -0.112. The molecule has 1 aromatic carbocycles. The Labute approximate surface area is 155 Å². The minimum absolute atomic E-state index is 0.0514. The van der Waals surface area contributed by atoms with Crippen molar-refractivity contribution in [2.24, 2.45) is 0 Å². The maximum atomic E-state index is 12.2. The molecule has 1 aromatic heterocycles. The number of hydrogen-bond acceptors (Lipinski definition) is 4. The van der Waals surface area contributed by atoms with E-state index in [9.17, 15) is 10.1 Å². The SMILES string of the molecule is CCOc1cccc(NC(=O)/C(C#N)=C\c2cc(Br)c(I)o2)c1. The monoisotopic (exact) mass is 486 g/mol. The van der Waals surface area contributed by atoms with Gasteiger partial charge in [0.05, 0.1) is 11.1 Å². The Balaban J connectivity index is 2.17. The fourth-order valence-corrected chi connectivity index (χ4v) is 2.47. The quantitative estimate of drug-likeness (QED) is 0.381. The first-order valence-electron chi connectivity index (χ1n) is 6.64. The summed E-state index contributed by atoms with van der Waals surface area (Å²) in [5, 5.41) is 11.9. The number of halogens is 2. The molecule has 0 bridgehead atoms. The fourth-order valence-electron chi connectivity index (χ4n) is 1.75. The van der Waals surface area contributed by atoms with E-state index in [0.29, 0.717) is 27.6 Å². The number of nitrogens with zero attached hydrogens (tertiary/aromatic N) is 1. The van der Waals surface area contributed by atoms with E-state index >= 15 is 0 Å². The van der Waals surface area contributed by atoms with E-state index in [0.717, 1.165) is 4.47 Å². The van der Waals surface area contributed by atoms with Crippen LogP contribution in [0.4, 0.5) is 5.69 Å². The standard InChI is InChI=1S/C16H12BrIN2O3/c1-2-22-12-5-3-4-11(7-12)20-16(21)10(9-19)6-13-8-14(17)15(18)23-13/h3-8H,2H2,1H3,(H,20,21)/b10-6-. The van der Waals surface area contributed by atoms with Crippen molar-refractivity contribution >= 4 is 56.2 Å². The van der Waals surface area contributed by atoms with Crippen LogP contribution in [-0.4, -0.2) is 12.5 Å². The zero-order chi connectivity index (χ0) is 16.8. The number of nitriles is 1. The lowest BCUT2D eigenvalue weighted by Gasteiger charge is -2.07. The first-order chi connectivity index (χ1) is 11.0. The van der Waals surface area contributed by atoms with Crippen LogP contribution in [0.2, 0.25) is 0 Å². The molecule has 7 heteroatoms. The van der Waals surface area contributed by atoms with Crippen molar-refractivity contribution in [3.63, 3.8) is 0 Å². The summed E-state index contributed by atoms with van der Waals surface area (Å²) >= 11 is 5.32. The molecule has 0 unspecified atom stereocenters. The van der Waals surface area contributed by atoms with Crippen molar-refractivity contribution in [3.8, 4) is 11.8 Å². The molecule has 5 nitrogen and oxygen atoms in total. The average Bonchev–Trinajstić information content (AvgIpc) is 2.83. The van der Waals surface area contributed by atoms with Gasteiger partial charge in [0.2, 0.25) is 0 Å². The van der Waals surface area contributed by atoms with Gasteiger partial charge in [0.1, 0.15) is 23.2 Å². The van der Waals surface area contributed by atoms with Crippen LogP contribution in [0.5, 0.6) is 5.75 Å². The van der Waals surface area contributed by atoms with Gasteiger partial charge >= 0.3 is 0 Å². The lowest BCUT2D eigenvalue weighted by Crippen LogP contribution is -2.13. The Bertz CT molecular complexity index is 773. The van der Waals surface area contributed by atoms with E-state index in [4.69, 9.17) is 9.15 Å². The van der Waals surface area contributed by atoms with Gasteiger partial charge in [-0.1, -0.05) is 6.07 Å². The minimum Gasteiger partial charge on any atom is -0.494 e. The number of carbonyl (C=O) groups is 1. The number of hydrogen-bond donors (Lipinski definition) is 1. The highest BCUT2D eigenvalue weighted by molar-refractivity contribution is 14.1. The molecule has 0 spiro atoms. The second-order valence-corrected chi connectivity index (χ2v) is 6.19. The number of nitrogens with one attached hydrogen (secondary N) is 1. The fraction of sp³-hybridized carbons (Fsp3) is 0.125. The molecular formula is C16H12BrIN2O3.